The number of nitrogens with zero attached hydrogens (tertiary/aromatic N) is 2. The van der Waals surface area contributed by atoms with Gasteiger partial charge in [0.2, 0.25) is 0 Å². The van der Waals surface area contributed by atoms with Crippen molar-refractivity contribution in [2.24, 2.45) is 5.73 Å². The molecular weight excluding hydrogens is 196 g/mol. The zero-order valence-electron chi connectivity index (χ0n) is 8.36. The van der Waals surface area contributed by atoms with E-state index in [4.69, 9.17) is 5.73 Å². The molecule has 2 heterocycles. The molecule has 5 heteroatoms. The number of hydrogen-bond donors (Lipinski definition) is 2. The minimum atomic E-state index is 0.425. The molecule has 0 aromatic carbocycles. The van der Waals surface area contributed by atoms with Gasteiger partial charge in [0.15, 0.2) is 0 Å². The van der Waals surface area contributed by atoms with E-state index in [1.165, 1.54) is 5.75 Å². The van der Waals surface area contributed by atoms with Gasteiger partial charge in [0.1, 0.15) is 5.82 Å². The normalized spacial score (nSPS) is 24.0. The highest BCUT2D eigenvalue weighted by molar-refractivity contribution is 7.99. The molecule has 1 aliphatic heterocycles. The zero-order valence-corrected chi connectivity index (χ0v) is 9.18. The summed E-state index contributed by atoms with van der Waals surface area (Å²) in [4.78, 5) is 9.99. The number of aromatic amines is 1. The number of aromatic nitrogens is 2. The molecular formula is C9H16N4S. The van der Waals surface area contributed by atoms with Crippen LogP contribution in [0.1, 0.15) is 17.6 Å². The molecule has 78 valence electrons. The van der Waals surface area contributed by atoms with Gasteiger partial charge in [0.25, 0.3) is 0 Å². The molecule has 2 rings (SSSR count). The van der Waals surface area contributed by atoms with Gasteiger partial charge in [-0.2, -0.15) is 11.8 Å². The van der Waals surface area contributed by atoms with E-state index >= 15 is 0 Å². The largest absolute Gasteiger partial charge is 0.343 e. The van der Waals surface area contributed by atoms with E-state index in [9.17, 15) is 0 Å². The highest BCUT2D eigenvalue weighted by Gasteiger charge is 2.23. The molecule has 1 aliphatic rings. The summed E-state index contributed by atoms with van der Waals surface area (Å²) in [6.45, 7) is 1.67. The van der Waals surface area contributed by atoms with Crippen molar-refractivity contribution in [3.8, 4) is 0 Å². The number of thioether (sulfide) groups is 1. The smallest absolute Gasteiger partial charge is 0.124 e. The van der Waals surface area contributed by atoms with Gasteiger partial charge in [0, 0.05) is 36.5 Å². The molecule has 1 unspecified atom stereocenters. The Morgan fingerprint density at radius 3 is 3.29 bits per heavy atom. The molecule has 0 bridgehead atoms. The van der Waals surface area contributed by atoms with Gasteiger partial charge in [-0.15, -0.1) is 0 Å². The maximum atomic E-state index is 5.54. The van der Waals surface area contributed by atoms with Crippen molar-refractivity contribution in [2.45, 2.75) is 12.6 Å². The number of nitrogens with two attached hydrogens (primary N) is 1. The Balaban J connectivity index is 2.12. The van der Waals surface area contributed by atoms with E-state index < -0.39 is 0 Å². The summed E-state index contributed by atoms with van der Waals surface area (Å²) < 4.78 is 0. The molecule has 1 atom stereocenters. The van der Waals surface area contributed by atoms with Gasteiger partial charge in [0.05, 0.1) is 6.04 Å². The Bertz CT molecular complexity index is 299. The van der Waals surface area contributed by atoms with Crippen LogP contribution < -0.4 is 5.73 Å². The van der Waals surface area contributed by atoms with Gasteiger partial charge in [-0.1, -0.05) is 0 Å². The van der Waals surface area contributed by atoms with Gasteiger partial charge < -0.3 is 10.7 Å². The first-order chi connectivity index (χ1) is 6.81. The first kappa shape index (κ1) is 10.0. The van der Waals surface area contributed by atoms with E-state index in [1.807, 2.05) is 18.0 Å². The lowest BCUT2D eigenvalue weighted by Gasteiger charge is -2.30. The molecule has 0 amide bonds. The van der Waals surface area contributed by atoms with Gasteiger partial charge in [-0.25, -0.2) is 4.98 Å². The molecule has 1 aromatic heterocycles. The predicted molar refractivity (Wildman–Crippen MR) is 59.2 cm³/mol. The summed E-state index contributed by atoms with van der Waals surface area (Å²) >= 11 is 1.99. The fourth-order valence-corrected chi connectivity index (χ4v) is 2.84. The van der Waals surface area contributed by atoms with Crippen LogP contribution in [-0.2, 0) is 6.54 Å². The maximum absolute atomic E-state index is 5.54. The van der Waals surface area contributed by atoms with Crippen LogP contribution in [0.15, 0.2) is 6.20 Å². The fraction of sp³-hybridized carbons (Fsp3) is 0.667. The number of H-pyrrole nitrogens is 1. The van der Waals surface area contributed by atoms with Gasteiger partial charge in [-0.05, 0) is 7.05 Å². The van der Waals surface area contributed by atoms with E-state index in [0.29, 0.717) is 12.6 Å². The fourth-order valence-electron chi connectivity index (χ4n) is 1.62. The Morgan fingerprint density at radius 2 is 2.64 bits per heavy atom. The monoisotopic (exact) mass is 212 g/mol. The third kappa shape index (κ3) is 1.94. The van der Waals surface area contributed by atoms with Crippen molar-refractivity contribution < 1.29 is 0 Å². The number of hydrogen-bond acceptors (Lipinski definition) is 4. The topological polar surface area (TPSA) is 57.9 Å². The van der Waals surface area contributed by atoms with E-state index in [2.05, 4.69) is 21.9 Å². The molecule has 4 nitrogen and oxygen atoms in total. The second-order valence-corrected chi connectivity index (χ2v) is 4.72. The third-order valence-corrected chi connectivity index (χ3v) is 3.60. The molecule has 0 saturated carbocycles. The van der Waals surface area contributed by atoms with Crippen LogP contribution in [-0.4, -0.2) is 40.0 Å². The highest BCUT2D eigenvalue weighted by Crippen LogP contribution is 2.25. The van der Waals surface area contributed by atoms with E-state index in [0.717, 1.165) is 23.8 Å². The average molecular weight is 212 g/mol. The van der Waals surface area contributed by atoms with Crippen LogP contribution in [0.5, 0.6) is 0 Å². The Hall–Kier alpha value is -0.520. The third-order valence-electron chi connectivity index (χ3n) is 2.58. The summed E-state index contributed by atoms with van der Waals surface area (Å²) in [5, 5.41) is 0. The molecule has 0 spiro atoms. The minimum Gasteiger partial charge on any atom is -0.343 e. The summed E-state index contributed by atoms with van der Waals surface area (Å²) in [6.07, 6.45) is 1.84. The number of rotatable bonds is 2. The van der Waals surface area contributed by atoms with Crippen molar-refractivity contribution in [1.82, 2.24) is 14.9 Å². The lowest BCUT2D eigenvalue weighted by Crippen LogP contribution is -2.33. The Labute approximate surface area is 88.3 Å². The average Bonchev–Trinajstić information content (AvgIpc) is 2.67. The van der Waals surface area contributed by atoms with E-state index in [-0.39, 0.29) is 0 Å². The maximum Gasteiger partial charge on any atom is 0.124 e. The van der Waals surface area contributed by atoms with Crippen LogP contribution in [0.3, 0.4) is 0 Å². The summed E-state index contributed by atoms with van der Waals surface area (Å²) in [6, 6.07) is 0.425. The predicted octanol–water partition coefficient (Wildman–Crippen LogP) is 0.588. The van der Waals surface area contributed by atoms with Crippen LogP contribution in [0.25, 0.3) is 0 Å². The summed E-state index contributed by atoms with van der Waals surface area (Å²) in [5.74, 6) is 3.39. The van der Waals surface area contributed by atoms with Crippen molar-refractivity contribution in [3.05, 3.63) is 17.7 Å². The van der Waals surface area contributed by atoms with Crippen LogP contribution in [0.2, 0.25) is 0 Å². The highest BCUT2D eigenvalue weighted by atomic mass is 32.2. The molecule has 0 aliphatic carbocycles. The van der Waals surface area contributed by atoms with Crippen LogP contribution in [0, 0.1) is 0 Å². The van der Waals surface area contributed by atoms with Gasteiger partial charge in [-0.3, -0.25) is 4.90 Å². The first-order valence-corrected chi connectivity index (χ1v) is 5.98. The van der Waals surface area contributed by atoms with Crippen molar-refractivity contribution >= 4 is 11.8 Å². The molecule has 14 heavy (non-hydrogen) atoms. The second kappa shape index (κ2) is 4.33. The number of imidazole rings is 1. The van der Waals surface area contributed by atoms with Crippen molar-refractivity contribution in [1.29, 1.82) is 0 Å². The summed E-state index contributed by atoms with van der Waals surface area (Å²) in [5.41, 5.74) is 6.55. The first-order valence-electron chi connectivity index (χ1n) is 4.83. The van der Waals surface area contributed by atoms with Crippen molar-refractivity contribution in [3.63, 3.8) is 0 Å². The van der Waals surface area contributed by atoms with Crippen molar-refractivity contribution in [2.75, 3.05) is 25.1 Å². The second-order valence-electron chi connectivity index (χ2n) is 3.57. The lowest BCUT2D eigenvalue weighted by atomic mass is 10.3. The Kier molecular flexibility index (Phi) is 3.10. The van der Waals surface area contributed by atoms with Gasteiger partial charge >= 0.3 is 0 Å². The molecule has 3 N–H and O–H groups in total. The molecule has 1 fully saturated rings. The Morgan fingerprint density at radius 1 is 1.79 bits per heavy atom. The standard InChI is InChI=1S/C9H16N4S/c1-13-2-3-14-6-8(13)9-11-5-7(4-10)12-9/h5,8H,2-4,6,10H2,1H3,(H,11,12). The quantitative estimate of drug-likeness (QED) is 0.753. The molecule has 0 radical (unpaired) electrons. The van der Waals surface area contributed by atoms with Crippen LogP contribution in [0.4, 0.5) is 0 Å². The zero-order chi connectivity index (χ0) is 9.97. The lowest BCUT2D eigenvalue weighted by molar-refractivity contribution is 0.265. The van der Waals surface area contributed by atoms with Crippen LogP contribution >= 0.6 is 11.8 Å². The SMILES string of the molecule is CN1CCSCC1c1ncc(CN)[nH]1. The number of nitrogens with one attached hydrogen (secondary N) is 1. The van der Waals surface area contributed by atoms with E-state index in [1.54, 1.807) is 0 Å². The molecule has 1 saturated heterocycles. The minimum absolute atomic E-state index is 0.425. The summed E-state index contributed by atoms with van der Waals surface area (Å²) in [7, 11) is 2.15. The molecule has 1 aromatic rings.